The third kappa shape index (κ3) is 1.81. The number of benzene rings is 1. The second kappa shape index (κ2) is 4.63. The monoisotopic (exact) mass is 268 g/mol. The van der Waals surface area contributed by atoms with Gasteiger partial charge in [0.05, 0.1) is 0 Å². The van der Waals surface area contributed by atoms with Gasteiger partial charge in [0.2, 0.25) is 0 Å². The molecule has 4 rings (SSSR count). The molecule has 1 saturated carbocycles. The van der Waals surface area contributed by atoms with E-state index in [9.17, 15) is 0 Å². The van der Waals surface area contributed by atoms with E-state index in [0.717, 1.165) is 5.92 Å². The maximum atomic E-state index is 3.40. The third-order valence-corrected chi connectivity index (χ3v) is 5.59. The molecule has 1 unspecified atom stereocenters. The van der Waals surface area contributed by atoms with Crippen LogP contribution in [0.3, 0.4) is 0 Å². The zero-order valence-electron chi connectivity index (χ0n) is 12.4. The molecule has 2 aliphatic rings. The highest BCUT2D eigenvalue weighted by atomic mass is 15.3. The molecular weight excluding hydrogens is 244 g/mol. The van der Waals surface area contributed by atoms with Crippen LogP contribution < -0.4 is 0 Å². The number of fused-ring (bicyclic) bond motifs is 2. The van der Waals surface area contributed by atoms with Gasteiger partial charge in [-0.25, -0.2) is 0 Å². The van der Waals surface area contributed by atoms with E-state index in [4.69, 9.17) is 0 Å². The summed E-state index contributed by atoms with van der Waals surface area (Å²) in [5.41, 5.74) is 3.37. The van der Waals surface area contributed by atoms with Gasteiger partial charge in [0.1, 0.15) is 0 Å². The summed E-state index contributed by atoms with van der Waals surface area (Å²) in [6.45, 7) is 4.89. The van der Waals surface area contributed by atoms with Crippen LogP contribution in [0.15, 0.2) is 30.5 Å². The molecule has 2 heteroatoms. The second-order valence-electron chi connectivity index (χ2n) is 6.64. The molecule has 1 N–H and O–H groups in total. The van der Waals surface area contributed by atoms with Crippen LogP contribution in [-0.4, -0.2) is 28.5 Å². The topological polar surface area (TPSA) is 19.0 Å². The van der Waals surface area contributed by atoms with Crippen LogP contribution in [0.5, 0.6) is 0 Å². The first-order valence-electron chi connectivity index (χ1n) is 8.13. The summed E-state index contributed by atoms with van der Waals surface area (Å²) in [5.74, 6) is 1.02. The number of para-hydroxylation sites is 1. The Morgan fingerprint density at radius 2 is 2.25 bits per heavy atom. The minimum Gasteiger partial charge on any atom is -0.361 e. The number of H-pyrrole nitrogens is 1. The molecular formula is C18H24N2. The van der Waals surface area contributed by atoms with Crippen LogP contribution in [0.1, 0.15) is 38.2 Å². The Hall–Kier alpha value is -1.28. The van der Waals surface area contributed by atoms with Gasteiger partial charge in [0, 0.05) is 29.2 Å². The lowest BCUT2D eigenvalue weighted by Gasteiger charge is -2.28. The molecule has 1 aliphatic heterocycles. The number of nitrogens with zero attached hydrogens (tertiary/aromatic N) is 1. The summed E-state index contributed by atoms with van der Waals surface area (Å²) in [6.07, 6.45) is 9.04. The Morgan fingerprint density at radius 3 is 3.10 bits per heavy atom. The number of aromatic amines is 1. The molecule has 0 radical (unpaired) electrons. The quantitative estimate of drug-likeness (QED) is 0.869. The third-order valence-electron chi connectivity index (χ3n) is 5.59. The van der Waals surface area contributed by atoms with Crippen LogP contribution in [-0.2, 0) is 6.42 Å². The maximum Gasteiger partial charge on any atom is 0.0456 e. The van der Waals surface area contributed by atoms with Crippen LogP contribution in [0.25, 0.3) is 10.9 Å². The molecule has 0 bridgehead atoms. The Kier molecular flexibility index (Phi) is 2.88. The molecule has 2 nitrogen and oxygen atoms in total. The smallest absolute Gasteiger partial charge is 0.0456 e. The summed E-state index contributed by atoms with van der Waals surface area (Å²) in [7, 11) is 0. The standard InChI is InChI=1S/C18H24N2/c1-2-9-18-12-15(18)8-11-20(18)10-7-14-13-19-17-6-4-3-5-16(14)17/h3-6,13,15,19H,2,7-12H2,1H3/t15?,18-/m0/s1. The summed E-state index contributed by atoms with van der Waals surface area (Å²) in [5, 5.41) is 1.41. The van der Waals surface area contributed by atoms with Gasteiger partial charge in [-0.15, -0.1) is 0 Å². The highest BCUT2D eigenvalue weighted by molar-refractivity contribution is 5.83. The number of aromatic nitrogens is 1. The number of nitrogens with one attached hydrogen (secondary N) is 1. The Bertz CT molecular complexity index is 615. The molecule has 2 atom stereocenters. The van der Waals surface area contributed by atoms with Gasteiger partial charge >= 0.3 is 0 Å². The van der Waals surface area contributed by atoms with Gasteiger partial charge in [-0.3, -0.25) is 4.90 Å². The predicted molar refractivity (Wildman–Crippen MR) is 83.9 cm³/mol. The SMILES string of the molecule is CCC[C@]12CC1CCN2CCc1c[nH]c2ccccc12. The van der Waals surface area contributed by atoms with Crippen LogP contribution in [0, 0.1) is 5.92 Å². The highest BCUT2D eigenvalue weighted by Gasteiger charge is 2.60. The average molecular weight is 268 g/mol. The summed E-state index contributed by atoms with van der Waals surface area (Å²) in [6, 6.07) is 8.66. The van der Waals surface area contributed by atoms with Crippen molar-refractivity contribution in [3.8, 4) is 0 Å². The molecule has 1 saturated heterocycles. The predicted octanol–water partition coefficient (Wildman–Crippen LogP) is 3.97. The van der Waals surface area contributed by atoms with E-state index in [-0.39, 0.29) is 0 Å². The van der Waals surface area contributed by atoms with E-state index in [0.29, 0.717) is 5.54 Å². The maximum absolute atomic E-state index is 3.40. The normalized spacial score (nSPS) is 28.9. The van der Waals surface area contributed by atoms with Crippen LogP contribution in [0.4, 0.5) is 0 Å². The molecule has 1 aliphatic carbocycles. The first kappa shape index (κ1) is 12.5. The van der Waals surface area contributed by atoms with Crippen molar-refractivity contribution in [3.63, 3.8) is 0 Å². The molecule has 2 fully saturated rings. The number of piperidine rings is 1. The largest absolute Gasteiger partial charge is 0.361 e. The Labute approximate surface area is 121 Å². The molecule has 106 valence electrons. The molecule has 1 aromatic heterocycles. The van der Waals surface area contributed by atoms with Gasteiger partial charge in [0.25, 0.3) is 0 Å². The fourth-order valence-corrected chi connectivity index (χ4v) is 4.49. The molecule has 2 aromatic rings. The molecule has 2 heterocycles. The first-order chi connectivity index (χ1) is 9.83. The van der Waals surface area contributed by atoms with Gasteiger partial charge in [-0.1, -0.05) is 31.5 Å². The number of hydrogen-bond acceptors (Lipinski definition) is 1. The molecule has 0 amide bonds. The van der Waals surface area contributed by atoms with E-state index < -0.39 is 0 Å². The van der Waals surface area contributed by atoms with Crippen molar-refractivity contribution < 1.29 is 0 Å². The van der Waals surface area contributed by atoms with Gasteiger partial charge in [-0.2, -0.15) is 0 Å². The summed E-state index contributed by atoms with van der Waals surface area (Å²) in [4.78, 5) is 6.20. The Balaban J connectivity index is 1.48. The van der Waals surface area contributed by atoms with Crippen molar-refractivity contribution in [1.82, 2.24) is 9.88 Å². The average Bonchev–Trinajstić information content (AvgIpc) is 2.87. The summed E-state index contributed by atoms with van der Waals surface area (Å²) >= 11 is 0. The molecule has 20 heavy (non-hydrogen) atoms. The minimum absolute atomic E-state index is 0.612. The zero-order valence-corrected chi connectivity index (χ0v) is 12.4. The lowest BCUT2D eigenvalue weighted by Crippen LogP contribution is -2.36. The number of likely N-dealkylation sites (tertiary alicyclic amines) is 1. The lowest BCUT2D eigenvalue weighted by molar-refractivity contribution is 0.200. The van der Waals surface area contributed by atoms with Crippen LogP contribution in [0.2, 0.25) is 0 Å². The van der Waals surface area contributed by atoms with Crippen molar-refractivity contribution in [2.45, 2.75) is 44.6 Å². The highest BCUT2D eigenvalue weighted by Crippen LogP contribution is 2.58. The molecule has 1 aromatic carbocycles. The van der Waals surface area contributed by atoms with E-state index in [2.05, 4.69) is 47.3 Å². The van der Waals surface area contributed by atoms with Crippen molar-refractivity contribution in [1.29, 1.82) is 0 Å². The second-order valence-corrected chi connectivity index (χ2v) is 6.64. The summed E-state index contributed by atoms with van der Waals surface area (Å²) < 4.78 is 0. The fraction of sp³-hybridized carbons (Fsp3) is 0.556. The van der Waals surface area contributed by atoms with Crippen molar-refractivity contribution in [2.75, 3.05) is 13.1 Å². The van der Waals surface area contributed by atoms with Crippen molar-refractivity contribution in [2.24, 2.45) is 5.92 Å². The van der Waals surface area contributed by atoms with E-state index >= 15 is 0 Å². The molecule has 0 spiro atoms. The zero-order chi connectivity index (χ0) is 13.6. The van der Waals surface area contributed by atoms with Crippen molar-refractivity contribution in [3.05, 3.63) is 36.0 Å². The van der Waals surface area contributed by atoms with Gasteiger partial charge < -0.3 is 4.98 Å². The van der Waals surface area contributed by atoms with Gasteiger partial charge in [-0.05, 0) is 49.8 Å². The number of rotatable bonds is 5. The lowest BCUT2D eigenvalue weighted by atomic mass is 10.1. The fourth-order valence-electron chi connectivity index (χ4n) is 4.49. The Morgan fingerprint density at radius 1 is 1.35 bits per heavy atom. The minimum atomic E-state index is 0.612. The van der Waals surface area contributed by atoms with Gasteiger partial charge in [0.15, 0.2) is 0 Å². The number of hydrogen-bond donors (Lipinski definition) is 1. The van der Waals surface area contributed by atoms with E-state index in [1.165, 1.54) is 61.7 Å². The van der Waals surface area contributed by atoms with E-state index in [1.54, 1.807) is 0 Å². The van der Waals surface area contributed by atoms with Crippen molar-refractivity contribution >= 4 is 10.9 Å². The first-order valence-corrected chi connectivity index (χ1v) is 8.13. The van der Waals surface area contributed by atoms with Crippen LogP contribution >= 0.6 is 0 Å². The van der Waals surface area contributed by atoms with E-state index in [1.807, 2.05) is 0 Å².